The fourth-order valence-corrected chi connectivity index (χ4v) is 4.01. The van der Waals surface area contributed by atoms with Gasteiger partial charge in [-0.15, -0.1) is 11.3 Å². The quantitative estimate of drug-likeness (QED) is 0.680. The summed E-state index contributed by atoms with van der Waals surface area (Å²) in [6.07, 6.45) is 3.43. The van der Waals surface area contributed by atoms with E-state index in [-0.39, 0.29) is 5.91 Å². The summed E-state index contributed by atoms with van der Waals surface area (Å²) in [6, 6.07) is 15.7. The van der Waals surface area contributed by atoms with Gasteiger partial charge in [-0.1, -0.05) is 18.2 Å². The number of hydrogen-bond acceptors (Lipinski definition) is 3. The van der Waals surface area contributed by atoms with E-state index >= 15 is 0 Å². The topological polar surface area (TPSA) is 55.1 Å². The van der Waals surface area contributed by atoms with Crippen molar-refractivity contribution in [2.75, 3.05) is 11.1 Å². The summed E-state index contributed by atoms with van der Waals surface area (Å²) >= 11 is 1.62. The molecule has 3 nitrogen and oxygen atoms in total. The van der Waals surface area contributed by atoms with Crippen molar-refractivity contribution in [1.29, 1.82) is 0 Å². The summed E-state index contributed by atoms with van der Waals surface area (Å²) in [4.78, 5) is 13.9. The van der Waals surface area contributed by atoms with Gasteiger partial charge in [0.25, 0.3) is 5.91 Å². The highest BCUT2D eigenvalue weighted by atomic mass is 32.1. The van der Waals surface area contributed by atoms with Crippen LogP contribution >= 0.6 is 11.3 Å². The molecule has 120 valence electrons. The molecule has 0 spiro atoms. The molecule has 1 aromatic heterocycles. The van der Waals surface area contributed by atoms with Crippen LogP contribution in [0.25, 0.3) is 10.4 Å². The maximum Gasteiger partial charge on any atom is 0.256 e. The molecule has 0 radical (unpaired) electrons. The van der Waals surface area contributed by atoms with E-state index in [4.69, 9.17) is 5.73 Å². The smallest absolute Gasteiger partial charge is 0.256 e. The molecule has 24 heavy (non-hydrogen) atoms. The molecule has 1 aliphatic carbocycles. The number of benzene rings is 2. The summed E-state index contributed by atoms with van der Waals surface area (Å²) < 4.78 is 0. The van der Waals surface area contributed by atoms with Gasteiger partial charge in [0.2, 0.25) is 0 Å². The largest absolute Gasteiger partial charge is 0.399 e. The second-order valence-electron chi connectivity index (χ2n) is 6.07. The van der Waals surface area contributed by atoms with Crippen molar-refractivity contribution in [2.24, 2.45) is 0 Å². The minimum atomic E-state index is -0.122. The molecule has 4 heteroatoms. The third-order valence-electron chi connectivity index (χ3n) is 4.43. The summed E-state index contributed by atoms with van der Waals surface area (Å²) in [5, 5.41) is 5.04. The van der Waals surface area contributed by atoms with Crippen molar-refractivity contribution in [2.45, 2.75) is 19.3 Å². The Labute approximate surface area is 145 Å². The molecule has 4 rings (SSSR count). The average Bonchev–Trinajstić information content (AvgIpc) is 3.25. The summed E-state index contributed by atoms with van der Waals surface area (Å²) in [5.41, 5.74) is 11.6. The molecule has 2 aromatic carbocycles. The Hall–Kier alpha value is -2.59. The monoisotopic (exact) mass is 334 g/mol. The van der Waals surface area contributed by atoms with Crippen LogP contribution in [0.5, 0.6) is 0 Å². The van der Waals surface area contributed by atoms with Crippen LogP contribution in [-0.4, -0.2) is 5.91 Å². The van der Waals surface area contributed by atoms with E-state index in [2.05, 4.69) is 17.4 Å². The number of fused-ring (bicyclic) bond motifs is 1. The number of amides is 1. The number of thiophene rings is 1. The number of rotatable bonds is 3. The minimum Gasteiger partial charge on any atom is -0.399 e. The third kappa shape index (κ3) is 2.81. The lowest BCUT2D eigenvalue weighted by Crippen LogP contribution is -2.13. The van der Waals surface area contributed by atoms with E-state index in [0.29, 0.717) is 11.3 Å². The van der Waals surface area contributed by atoms with Gasteiger partial charge in [0.1, 0.15) is 0 Å². The Morgan fingerprint density at radius 3 is 2.75 bits per heavy atom. The van der Waals surface area contributed by atoms with Gasteiger partial charge in [0, 0.05) is 21.8 Å². The van der Waals surface area contributed by atoms with Crippen LogP contribution in [-0.2, 0) is 12.8 Å². The first-order valence-electron chi connectivity index (χ1n) is 8.07. The lowest BCUT2D eigenvalue weighted by atomic mass is 10.0. The summed E-state index contributed by atoms with van der Waals surface area (Å²) in [5.74, 6) is -0.122. The number of carbonyl (C=O) groups excluding carboxylic acids is 1. The molecule has 1 heterocycles. The zero-order valence-electron chi connectivity index (χ0n) is 13.2. The molecule has 1 amide bonds. The number of nitrogen functional groups attached to an aromatic ring is 1. The third-order valence-corrected chi connectivity index (χ3v) is 5.33. The lowest BCUT2D eigenvalue weighted by Gasteiger charge is -2.11. The van der Waals surface area contributed by atoms with Gasteiger partial charge in [-0.3, -0.25) is 4.79 Å². The number of nitrogens with one attached hydrogen (secondary N) is 1. The summed E-state index contributed by atoms with van der Waals surface area (Å²) in [7, 11) is 0. The van der Waals surface area contributed by atoms with Gasteiger partial charge >= 0.3 is 0 Å². The van der Waals surface area contributed by atoms with Gasteiger partial charge in [0.15, 0.2) is 0 Å². The van der Waals surface area contributed by atoms with Crippen LogP contribution < -0.4 is 11.1 Å². The number of anilines is 2. The number of hydrogen-bond donors (Lipinski definition) is 2. The van der Waals surface area contributed by atoms with Crippen LogP contribution in [0.15, 0.2) is 53.9 Å². The highest BCUT2D eigenvalue weighted by Crippen LogP contribution is 2.31. The van der Waals surface area contributed by atoms with Gasteiger partial charge in [-0.05, 0) is 66.1 Å². The Morgan fingerprint density at radius 1 is 1.04 bits per heavy atom. The van der Waals surface area contributed by atoms with Crippen molar-refractivity contribution in [3.8, 4) is 10.4 Å². The standard InChI is InChI=1S/C20H18N2OS/c21-15-7-9-17(19-5-2-10-24-19)18(12-15)20(23)22-16-8-6-13-3-1-4-14(13)11-16/h2,5-12H,1,3-4,21H2,(H,22,23). The zero-order chi connectivity index (χ0) is 16.5. The molecular formula is C20H18N2OS. The zero-order valence-corrected chi connectivity index (χ0v) is 14.0. The molecule has 0 aliphatic heterocycles. The molecule has 1 aliphatic rings. The molecule has 3 N–H and O–H groups in total. The first-order chi connectivity index (χ1) is 11.7. The van der Waals surface area contributed by atoms with E-state index in [1.165, 1.54) is 17.5 Å². The first-order valence-corrected chi connectivity index (χ1v) is 8.95. The SMILES string of the molecule is Nc1ccc(-c2cccs2)c(C(=O)Nc2ccc3c(c2)CCC3)c1. The van der Waals surface area contributed by atoms with Crippen LogP contribution in [0.2, 0.25) is 0 Å². The molecule has 0 fully saturated rings. The Kier molecular flexibility index (Phi) is 3.82. The predicted molar refractivity (Wildman–Crippen MR) is 101 cm³/mol. The number of carbonyl (C=O) groups is 1. The van der Waals surface area contributed by atoms with Crippen LogP contribution in [0.4, 0.5) is 11.4 Å². The number of aryl methyl sites for hydroxylation is 2. The highest BCUT2D eigenvalue weighted by Gasteiger charge is 2.16. The van der Waals surface area contributed by atoms with E-state index in [1.54, 1.807) is 17.4 Å². The Bertz CT molecular complexity index is 900. The number of nitrogens with two attached hydrogens (primary N) is 1. The molecule has 0 unspecified atom stereocenters. The molecule has 0 atom stereocenters. The molecule has 3 aromatic rings. The fourth-order valence-electron chi connectivity index (χ4n) is 3.24. The van der Waals surface area contributed by atoms with Crippen molar-refractivity contribution in [3.63, 3.8) is 0 Å². The maximum atomic E-state index is 12.8. The van der Waals surface area contributed by atoms with E-state index in [9.17, 15) is 4.79 Å². The van der Waals surface area contributed by atoms with Crippen molar-refractivity contribution >= 4 is 28.6 Å². The van der Waals surface area contributed by atoms with Gasteiger partial charge < -0.3 is 11.1 Å². The second-order valence-corrected chi connectivity index (χ2v) is 7.02. The van der Waals surface area contributed by atoms with Crippen LogP contribution in [0.1, 0.15) is 27.9 Å². The van der Waals surface area contributed by atoms with Crippen LogP contribution in [0.3, 0.4) is 0 Å². The van der Waals surface area contributed by atoms with E-state index < -0.39 is 0 Å². The second kappa shape index (κ2) is 6.13. The Morgan fingerprint density at radius 2 is 1.92 bits per heavy atom. The van der Waals surface area contributed by atoms with Crippen LogP contribution in [0, 0.1) is 0 Å². The van der Waals surface area contributed by atoms with Gasteiger partial charge in [-0.25, -0.2) is 0 Å². The van der Waals surface area contributed by atoms with Gasteiger partial charge in [-0.2, -0.15) is 0 Å². The van der Waals surface area contributed by atoms with Crippen molar-refractivity contribution in [3.05, 3.63) is 70.6 Å². The molecule has 0 saturated carbocycles. The highest BCUT2D eigenvalue weighted by molar-refractivity contribution is 7.13. The maximum absolute atomic E-state index is 12.8. The van der Waals surface area contributed by atoms with Crippen molar-refractivity contribution < 1.29 is 4.79 Å². The molecule has 0 saturated heterocycles. The Balaban J connectivity index is 1.66. The predicted octanol–water partition coefficient (Wildman–Crippen LogP) is 4.74. The minimum absolute atomic E-state index is 0.122. The van der Waals surface area contributed by atoms with Gasteiger partial charge in [0.05, 0.1) is 5.56 Å². The van der Waals surface area contributed by atoms with Crippen molar-refractivity contribution in [1.82, 2.24) is 0 Å². The molecular weight excluding hydrogens is 316 g/mol. The fraction of sp³-hybridized carbons (Fsp3) is 0.150. The normalized spacial score (nSPS) is 12.8. The molecule has 0 bridgehead atoms. The average molecular weight is 334 g/mol. The van der Waals surface area contributed by atoms with E-state index in [1.807, 2.05) is 35.7 Å². The lowest BCUT2D eigenvalue weighted by molar-refractivity contribution is 0.102. The summed E-state index contributed by atoms with van der Waals surface area (Å²) in [6.45, 7) is 0. The first kappa shape index (κ1) is 15.0. The van der Waals surface area contributed by atoms with E-state index in [0.717, 1.165) is 29.0 Å².